The first-order valence-corrected chi connectivity index (χ1v) is 6.72. The molecule has 0 saturated carbocycles. The van der Waals surface area contributed by atoms with Crippen LogP contribution < -0.4 is 10.2 Å². The molecule has 6 heteroatoms. The second-order valence-electron chi connectivity index (χ2n) is 4.13. The van der Waals surface area contributed by atoms with Crippen LogP contribution in [0.2, 0.25) is 0 Å². The normalized spacial score (nSPS) is 18.0. The molecule has 1 aromatic carbocycles. The molecule has 3 rings (SSSR count). The standard InChI is InChI=1S/C12H14N4OS/c1-8-13-14-12-16(8)15-11(7-18-12)9-3-5-10(17-2)6-4-9/h3-6,11,15H,7H2,1-2H3/t11-/m0/s1. The summed E-state index contributed by atoms with van der Waals surface area (Å²) in [5.41, 5.74) is 4.67. The van der Waals surface area contributed by atoms with Gasteiger partial charge in [-0.15, -0.1) is 10.2 Å². The molecule has 1 aliphatic heterocycles. The number of aryl methyl sites for hydroxylation is 1. The summed E-state index contributed by atoms with van der Waals surface area (Å²) in [5, 5.41) is 9.10. The van der Waals surface area contributed by atoms with Crippen LogP contribution in [0.1, 0.15) is 17.4 Å². The molecule has 0 bridgehead atoms. The summed E-state index contributed by atoms with van der Waals surface area (Å²) < 4.78 is 7.12. The second-order valence-corrected chi connectivity index (χ2v) is 5.12. The number of nitrogens with one attached hydrogen (secondary N) is 1. The topological polar surface area (TPSA) is 52.0 Å². The minimum Gasteiger partial charge on any atom is -0.497 e. The van der Waals surface area contributed by atoms with Crippen LogP contribution in [0.15, 0.2) is 29.4 Å². The van der Waals surface area contributed by atoms with Gasteiger partial charge in [0.25, 0.3) is 0 Å². The molecule has 0 saturated heterocycles. The van der Waals surface area contributed by atoms with Gasteiger partial charge in [-0.25, -0.2) is 4.68 Å². The van der Waals surface area contributed by atoms with Gasteiger partial charge in [0.15, 0.2) is 0 Å². The Labute approximate surface area is 110 Å². The van der Waals surface area contributed by atoms with E-state index in [1.807, 2.05) is 23.7 Å². The fourth-order valence-electron chi connectivity index (χ4n) is 1.94. The molecule has 0 spiro atoms. The Bertz CT molecular complexity index is 552. The van der Waals surface area contributed by atoms with Crippen LogP contribution in [0.4, 0.5) is 0 Å². The van der Waals surface area contributed by atoms with E-state index in [0.29, 0.717) is 0 Å². The summed E-state index contributed by atoms with van der Waals surface area (Å²) in [5.74, 6) is 2.71. The Kier molecular flexibility index (Phi) is 2.87. The first kappa shape index (κ1) is 11.4. The van der Waals surface area contributed by atoms with Gasteiger partial charge in [0, 0.05) is 5.75 Å². The number of ether oxygens (including phenoxy) is 1. The van der Waals surface area contributed by atoms with E-state index >= 15 is 0 Å². The second kappa shape index (κ2) is 4.53. The highest BCUT2D eigenvalue weighted by Gasteiger charge is 2.22. The van der Waals surface area contributed by atoms with Gasteiger partial charge in [0.1, 0.15) is 11.6 Å². The monoisotopic (exact) mass is 262 g/mol. The number of rotatable bonds is 2. The number of thioether (sulfide) groups is 1. The van der Waals surface area contributed by atoms with Crippen LogP contribution in [0.3, 0.4) is 0 Å². The molecular formula is C12H14N4OS. The van der Waals surface area contributed by atoms with Crippen LogP contribution in [0, 0.1) is 6.92 Å². The van der Waals surface area contributed by atoms with E-state index in [4.69, 9.17) is 4.74 Å². The maximum Gasteiger partial charge on any atom is 0.210 e. The van der Waals surface area contributed by atoms with Crippen LogP contribution >= 0.6 is 11.8 Å². The largest absolute Gasteiger partial charge is 0.497 e. The van der Waals surface area contributed by atoms with Gasteiger partial charge >= 0.3 is 0 Å². The predicted molar refractivity (Wildman–Crippen MR) is 70.6 cm³/mol. The lowest BCUT2D eigenvalue weighted by molar-refractivity contribution is 0.414. The fourth-order valence-corrected chi connectivity index (χ4v) is 2.94. The molecule has 18 heavy (non-hydrogen) atoms. The summed E-state index contributed by atoms with van der Waals surface area (Å²) in [7, 11) is 1.68. The molecule has 0 radical (unpaired) electrons. The highest BCUT2D eigenvalue weighted by molar-refractivity contribution is 7.99. The molecule has 94 valence electrons. The molecule has 1 atom stereocenters. The van der Waals surface area contributed by atoms with E-state index in [1.54, 1.807) is 18.9 Å². The Morgan fingerprint density at radius 2 is 2.11 bits per heavy atom. The molecule has 2 heterocycles. The van der Waals surface area contributed by atoms with E-state index in [-0.39, 0.29) is 6.04 Å². The highest BCUT2D eigenvalue weighted by Crippen LogP contribution is 2.30. The number of fused-ring (bicyclic) bond motifs is 1. The van der Waals surface area contributed by atoms with E-state index in [9.17, 15) is 0 Å². The third kappa shape index (κ3) is 1.92. The number of hydrogen-bond acceptors (Lipinski definition) is 5. The summed E-state index contributed by atoms with van der Waals surface area (Å²) in [6, 6.07) is 8.40. The van der Waals surface area contributed by atoms with E-state index in [1.165, 1.54) is 5.56 Å². The third-order valence-electron chi connectivity index (χ3n) is 2.98. The number of methoxy groups -OCH3 is 1. The van der Waals surface area contributed by atoms with E-state index in [0.717, 1.165) is 22.5 Å². The number of hydrogen-bond donors (Lipinski definition) is 1. The lowest BCUT2D eigenvalue weighted by atomic mass is 10.1. The van der Waals surface area contributed by atoms with Gasteiger partial charge in [-0.1, -0.05) is 23.9 Å². The first-order chi connectivity index (χ1) is 8.78. The van der Waals surface area contributed by atoms with Crippen LogP contribution in [-0.2, 0) is 0 Å². The number of benzene rings is 1. The molecule has 1 N–H and O–H groups in total. The average molecular weight is 262 g/mol. The average Bonchev–Trinajstić information content (AvgIpc) is 2.80. The van der Waals surface area contributed by atoms with E-state index in [2.05, 4.69) is 27.8 Å². The minimum absolute atomic E-state index is 0.267. The fraction of sp³-hybridized carbons (Fsp3) is 0.333. The summed E-state index contributed by atoms with van der Waals surface area (Å²) >= 11 is 1.72. The first-order valence-electron chi connectivity index (χ1n) is 5.73. The van der Waals surface area contributed by atoms with Crippen molar-refractivity contribution >= 4 is 11.8 Å². The van der Waals surface area contributed by atoms with Crippen molar-refractivity contribution in [2.24, 2.45) is 0 Å². The molecule has 0 aliphatic carbocycles. The maximum atomic E-state index is 5.17. The van der Waals surface area contributed by atoms with Gasteiger partial charge in [-0.05, 0) is 24.6 Å². The molecule has 2 aromatic rings. The van der Waals surface area contributed by atoms with Crippen LogP contribution in [0.25, 0.3) is 0 Å². The quantitative estimate of drug-likeness (QED) is 0.897. The zero-order valence-electron chi connectivity index (χ0n) is 10.3. The molecule has 5 nitrogen and oxygen atoms in total. The van der Waals surface area contributed by atoms with Gasteiger partial charge in [0.2, 0.25) is 5.16 Å². The van der Waals surface area contributed by atoms with Crippen molar-refractivity contribution in [2.45, 2.75) is 18.1 Å². The van der Waals surface area contributed by atoms with Crippen molar-refractivity contribution in [1.29, 1.82) is 0 Å². The SMILES string of the molecule is COc1ccc([C@@H]2CSc3nnc(C)n3N2)cc1. The molecule has 0 fully saturated rings. The zero-order chi connectivity index (χ0) is 12.5. The summed E-state index contributed by atoms with van der Waals surface area (Å²) in [6.45, 7) is 1.94. The Morgan fingerprint density at radius 3 is 2.83 bits per heavy atom. The third-order valence-corrected chi connectivity index (χ3v) is 4.00. The highest BCUT2D eigenvalue weighted by atomic mass is 32.2. The van der Waals surface area contributed by atoms with Crippen molar-refractivity contribution < 1.29 is 4.74 Å². The van der Waals surface area contributed by atoms with Crippen molar-refractivity contribution in [1.82, 2.24) is 14.9 Å². The Hall–Kier alpha value is -1.69. The van der Waals surface area contributed by atoms with Gasteiger partial charge in [-0.3, -0.25) is 0 Å². The van der Waals surface area contributed by atoms with Crippen LogP contribution in [0.5, 0.6) is 5.75 Å². The van der Waals surface area contributed by atoms with Crippen molar-refractivity contribution in [3.05, 3.63) is 35.7 Å². The molecule has 1 aliphatic rings. The van der Waals surface area contributed by atoms with E-state index < -0.39 is 0 Å². The summed E-state index contributed by atoms with van der Waals surface area (Å²) in [4.78, 5) is 0. The lowest BCUT2D eigenvalue weighted by Crippen LogP contribution is -2.28. The minimum atomic E-state index is 0.267. The smallest absolute Gasteiger partial charge is 0.210 e. The Balaban J connectivity index is 1.84. The summed E-state index contributed by atoms with van der Waals surface area (Å²) in [6.07, 6.45) is 0. The molecular weight excluding hydrogens is 248 g/mol. The van der Waals surface area contributed by atoms with Gasteiger partial charge in [-0.2, -0.15) is 0 Å². The number of nitrogens with zero attached hydrogens (tertiary/aromatic N) is 3. The predicted octanol–water partition coefficient (Wildman–Crippen LogP) is 1.99. The molecule has 1 aromatic heterocycles. The molecule has 0 unspecified atom stereocenters. The van der Waals surface area contributed by atoms with Crippen molar-refractivity contribution in [3.8, 4) is 5.75 Å². The van der Waals surface area contributed by atoms with Crippen molar-refractivity contribution in [2.75, 3.05) is 18.3 Å². The Morgan fingerprint density at radius 1 is 1.33 bits per heavy atom. The van der Waals surface area contributed by atoms with Gasteiger partial charge < -0.3 is 10.2 Å². The molecule has 0 amide bonds. The van der Waals surface area contributed by atoms with Crippen LogP contribution in [-0.4, -0.2) is 27.7 Å². The zero-order valence-corrected chi connectivity index (χ0v) is 11.1. The lowest BCUT2D eigenvalue weighted by Gasteiger charge is -2.26. The number of aromatic nitrogens is 3. The van der Waals surface area contributed by atoms with Gasteiger partial charge in [0.05, 0.1) is 13.2 Å². The maximum absolute atomic E-state index is 5.17. The van der Waals surface area contributed by atoms with Crippen molar-refractivity contribution in [3.63, 3.8) is 0 Å².